The molecule has 1 N–H and O–H groups in total. The van der Waals surface area contributed by atoms with Crippen molar-refractivity contribution >= 4 is 28.4 Å². The summed E-state index contributed by atoms with van der Waals surface area (Å²) in [6, 6.07) is 3.04. The number of hydrogen-bond acceptors (Lipinski definition) is 4. The number of aromatic nitrogens is 1. The number of fused-ring (bicyclic) bond motifs is 6. The first kappa shape index (κ1) is 17.4. The molecule has 5 rings (SSSR count). The second-order valence-corrected chi connectivity index (χ2v) is 7.53. The summed E-state index contributed by atoms with van der Waals surface area (Å²) >= 11 is 0. The molecule has 3 aliphatic heterocycles. The van der Waals surface area contributed by atoms with Crippen molar-refractivity contribution in [2.24, 2.45) is 11.8 Å². The summed E-state index contributed by atoms with van der Waals surface area (Å²) in [5.74, 6) is -1.86. The van der Waals surface area contributed by atoms with Crippen molar-refractivity contribution in [3.05, 3.63) is 39.7 Å². The smallest absolute Gasteiger partial charge is 0.373 e. The predicted molar refractivity (Wildman–Crippen MR) is 91.7 cm³/mol. The third-order valence-corrected chi connectivity index (χ3v) is 6.08. The van der Waals surface area contributed by atoms with Crippen LogP contribution >= 0.6 is 0 Å². The van der Waals surface area contributed by atoms with Gasteiger partial charge in [-0.15, -0.1) is 0 Å². The zero-order chi connectivity index (χ0) is 20.0. The van der Waals surface area contributed by atoms with Crippen LogP contribution in [0.4, 0.5) is 18.9 Å². The van der Waals surface area contributed by atoms with E-state index < -0.39 is 29.1 Å². The van der Waals surface area contributed by atoms with Crippen LogP contribution in [0.25, 0.3) is 10.9 Å². The van der Waals surface area contributed by atoms with E-state index in [2.05, 4.69) is 4.98 Å². The van der Waals surface area contributed by atoms with E-state index in [0.29, 0.717) is 6.07 Å². The molecule has 28 heavy (non-hydrogen) atoms. The maximum Gasteiger partial charge on any atom is 0.417 e. The molecule has 3 saturated heterocycles. The van der Waals surface area contributed by atoms with E-state index in [1.165, 1.54) is 19.1 Å². The van der Waals surface area contributed by atoms with Gasteiger partial charge in [0.25, 0.3) is 0 Å². The molecule has 0 unspecified atom stereocenters. The van der Waals surface area contributed by atoms with Gasteiger partial charge in [0.1, 0.15) is 0 Å². The number of rotatable bonds is 1. The van der Waals surface area contributed by atoms with Crippen molar-refractivity contribution < 1.29 is 27.5 Å². The van der Waals surface area contributed by atoms with Crippen LogP contribution in [0, 0.1) is 18.8 Å². The summed E-state index contributed by atoms with van der Waals surface area (Å²) in [6.45, 7) is 1.49. The van der Waals surface area contributed by atoms with Crippen LogP contribution in [0.1, 0.15) is 24.0 Å². The Labute approximate surface area is 156 Å². The van der Waals surface area contributed by atoms with Gasteiger partial charge in [-0.3, -0.25) is 14.4 Å². The number of imide groups is 1. The van der Waals surface area contributed by atoms with E-state index in [1.807, 2.05) is 0 Å². The highest BCUT2D eigenvalue weighted by molar-refractivity contribution is 6.23. The van der Waals surface area contributed by atoms with E-state index >= 15 is 0 Å². The number of nitrogens with one attached hydrogen (secondary N) is 1. The Bertz CT molecular complexity index is 1080. The van der Waals surface area contributed by atoms with Crippen LogP contribution in [0.3, 0.4) is 0 Å². The monoisotopic (exact) mass is 392 g/mol. The topological polar surface area (TPSA) is 79.5 Å². The van der Waals surface area contributed by atoms with E-state index in [0.717, 1.165) is 17.7 Å². The lowest BCUT2D eigenvalue weighted by Crippen LogP contribution is -2.34. The Balaban J connectivity index is 1.67. The number of carbonyl (C=O) groups is 2. The molecule has 2 amide bonds. The predicted octanol–water partition coefficient (Wildman–Crippen LogP) is 2.52. The molecule has 4 atom stereocenters. The molecule has 6 nitrogen and oxygen atoms in total. The molecule has 1 aromatic carbocycles. The highest BCUT2D eigenvalue weighted by Gasteiger charge is 2.62. The number of alkyl halides is 3. The minimum absolute atomic E-state index is 0.0331. The zero-order valence-electron chi connectivity index (χ0n) is 14.7. The van der Waals surface area contributed by atoms with Crippen molar-refractivity contribution in [3.8, 4) is 0 Å². The normalized spacial score (nSPS) is 29.2. The fourth-order valence-corrected chi connectivity index (χ4v) is 4.88. The molecule has 3 aliphatic rings. The van der Waals surface area contributed by atoms with Crippen molar-refractivity contribution in [3.63, 3.8) is 0 Å². The number of aromatic amines is 1. The lowest BCUT2D eigenvalue weighted by atomic mass is 9.81. The minimum atomic E-state index is -4.70. The Hall–Kier alpha value is -2.68. The number of pyridine rings is 1. The van der Waals surface area contributed by atoms with E-state index in [9.17, 15) is 27.6 Å². The van der Waals surface area contributed by atoms with Crippen LogP contribution in [0.5, 0.6) is 0 Å². The first-order chi connectivity index (χ1) is 13.2. The highest BCUT2D eigenvalue weighted by atomic mass is 19.4. The number of nitrogens with zero attached hydrogens (tertiary/aromatic N) is 1. The van der Waals surface area contributed by atoms with Gasteiger partial charge in [-0.25, -0.2) is 4.90 Å². The fourth-order valence-electron chi connectivity index (χ4n) is 4.88. The number of anilines is 1. The molecule has 2 aromatic rings. The van der Waals surface area contributed by atoms with Crippen molar-refractivity contribution in [1.29, 1.82) is 0 Å². The standard InChI is InChI=1S/C19H15F3N2O4/c1-7-10(3-2-8-9(19(20,21)22)6-13(25)23-16(7)8)24-17(26)14-11-4-5-12(28-11)15(14)18(24)27/h2-3,6,11-12,14-15H,4-5H2,1H3,(H,23,25)/t11-,12+,14-,15+. The Morgan fingerprint density at radius 2 is 1.68 bits per heavy atom. The van der Waals surface area contributed by atoms with Gasteiger partial charge in [0.15, 0.2) is 0 Å². The second-order valence-electron chi connectivity index (χ2n) is 7.53. The van der Waals surface area contributed by atoms with Gasteiger partial charge in [-0.2, -0.15) is 13.2 Å². The molecule has 0 spiro atoms. The van der Waals surface area contributed by atoms with Gasteiger partial charge in [0, 0.05) is 11.5 Å². The molecular weight excluding hydrogens is 377 g/mol. The Morgan fingerprint density at radius 1 is 1.07 bits per heavy atom. The van der Waals surface area contributed by atoms with Crippen LogP contribution in [-0.2, 0) is 20.5 Å². The molecule has 0 radical (unpaired) electrons. The average molecular weight is 392 g/mol. The molecule has 0 aliphatic carbocycles. The summed E-state index contributed by atoms with van der Waals surface area (Å²) in [5.41, 5.74) is -1.54. The van der Waals surface area contributed by atoms with E-state index in [4.69, 9.17) is 4.74 Å². The number of H-pyrrole nitrogens is 1. The maximum atomic E-state index is 13.3. The summed E-state index contributed by atoms with van der Waals surface area (Å²) in [4.78, 5) is 41.2. The number of aryl methyl sites for hydroxylation is 1. The van der Waals surface area contributed by atoms with Crippen molar-refractivity contribution in [1.82, 2.24) is 4.98 Å². The van der Waals surface area contributed by atoms with Crippen LogP contribution in [-0.4, -0.2) is 29.0 Å². The van der Waals surface area contributed by atoms with Crippen LogP contribution < -0.4 is 10.5 Å². The number of hydrogen-bond donors (Lipinski definition) is 1. The van der Waals surface area contributed by atoms with E-state index in [-0.39, 0.29) is 46.2 Å². The van der Waals surface area contributed by atoms with Gasteiger partial charge in [-0.05, 0) is 31.4 Å². The largest absolute Gasteiger partial charge is 0.417 e. The second kappa shape index (κ2) is 5.44. The maximum absolute atomic E-state index is 13.3. The minimum Gasteiger partial charge on any atom is -0.373 e. The van der Waals surface area contributed by atoms with Crippen molar-refractivity contribution in [2.75, 3.05) is 4.90 Å². The lowest BCUT2D eigenvalue weighted by molar-refractivity contribution is -0.136. The molecule has 0 saturated carbocycles. The fraction of sp³-hybridized carbons (Fsp3) is 0.421. The molecule has 1 aromatic heterocycles. The summed E-state index contributed by atoms with van der Waals surface area (Å²) in [7, 11) is 0. The number of halogens is 3. The molecule has 9 heteroatoms. The number of ether oxygens (including phenoxy) is 1. The highest BCUT2D eigenvalue weighted by Crippen LogP contribution is 2.50. The summed E-state index contributed by atoms with van der Waals surface area (Å²) in [5, 5.41) is -0.184. The third-order valence-electron chi connectivity index (χ3n) is 6.08. The molecule has 4 heterocycles. The van der Waals surface area contributed by atoms with Gasteiger partial charge >= 0.3 is 6.18 Å². The van der Waals surface area contributed by atoms with E-state index in [1.54, 1.807) is 0 Å². The number of amides is 2. The lowest BCUT2D eigenvalue weighted by Gasteiger charge is -2.21. The average Bonchev–Trinajstić information content (AvgIpc) is 3.29. The van der Waals surface area contributed by atoms with Crippen molar-refractivity contribution in [2.45, 2.75) is 38.1 Å². The Kier molecular flexibility index (Phi) is 3.38. The number of carbonyl (C=O) groups excluding carboxylic acids is 2. The van der Waals surface area contributed by atoms with Gasteiger partial charge < -0.3 is 9.72 Å². The first-order valence-corrected chi connectivity index (χ1v) is 8.95. The molecular formula is C19H15F3N2O4. The SMILES string of the molecule is Cc1c(N2C(=O)[C@@H]3[C@H](C2=O)[C@H]2CC[C@@H]3O2)ccc2c(C(F)(F)F)cc(=O)[nH]c12. The first-order valence-electron chi connectivity index (χ1n) is 8.95. The van der Waals surface area contributed by atoms with Gasteiger partial charge in [-0.1, -0.05) is 6.07 Å². The molecule has 146 valence electrons. The molecule has 2 bridgehead atoms. The van der Waals surface area contributed by atoms with Gasteiger partial charge in [0.05, 0.1) is 40.8 Å². The van der Waals surface area contributed by atoms with Crippen LogP contribution in [0.2, 0.25) is 0 Å². The number of benzene rings is 1. The Morgan fingerprint density at radius 3 is 2.25 bits per heavy atom. The quantitative estimate of drug-likeness (QED) is 0.757. The summed E-state index contributed by atoms with van der Waals surface area (Å²) < 4.78 is 45.6. The third kappa shape index (κ3) is 2.16. The van der Waals surface area contributed by atoms with Crippen LogP contribution in [0.15, 0.2) is 23.0 Å². The zero-order valence-corrected chi connectivity index (χ0v) is 14.7. The summed E-state index contributed by atoms with van der Waals surface area (Å²) in [6.07, 6.45) is -3.83. The molecule has 3 fully saturated rings. The van der Waals surface area contributed by atoms with Gasteiger partial charge in [0.2, 0.25) is 17.4 Å².